The molecule has 0 fully saturated rings. The fourth-order valence-corrected chi connectivity index (χ4v) is 3.23. The molecule has 5 rings (SSSR count). The summed E-state index contributed by atoms with van der Waals surface area (Å²) in [4.78, 5) is 21.9. The number of para-hydroxylation sites is 2. The van der Waals surface area contributed by atoms with Crippen molar-refractivity contribution in [3.8, 4) is 5.69 Å². The van der Waals surface area contributed by atoms with Crippen LogP contribution in [0.2, 0.25) is 0 Å². The zero-order valence-electron chi connectivity index (χ0n) is 13.5. The Kier molecular flexibility index (Phi) is 2.79. The highest BCUT2D eigenvalue weighted by Crippen LogP contribution is 2.20. The van der Waals surface area contributed by atoms with E-state index in [9.17, 15) is 4.79 Å². The smallest absolute Gasteiger partial charge is 0.266 e. The van der Waals surface area contributed by atoms with Crippen LogP contribution in [0, 0.1) is 6.92 Å². The number of rotatable bonds is 1. The number of pyridine rings is 1. The van der Waals surface area contributed by atoms with E-state index in [-0.39, 0.29) is 5.56 Å². The highest BCUT2D eigenvalue weighted by molar-refractivity contribution is 5.88. The highest BCUT2D eigenvalue weighted by atomic mass is 16.1. The fraction of sp³-hybridized carbons (Fsp3) is 0.0500. The molecule has 0 unspecified atom stereocenters. The second-order valence-corrected chi connectivity index (χ2v) is 6.12. The molecule has 0 N–H and O–H groups in total. The second-order valence-electron chi connectivity index (χ2n) is 6.12. The van der Waals surface area contributed by atoms with Crippen molar-refractivity contribution < 1.29 is 0 Å². The van der Waals surface area contributed by atoms with E-state index in [1.807, 2.05) is 72.1 Å². The van der Waals surface area contributed by atoms with Crippen molar-refractivity contribution >= 4 is 27.7 Å². The van der Waals surface area contributed by atoms with Crippen molar-refractivity contribution in [2.24, 2.45) is 0 Å². The van der Waals surface area contributed by atoms with Crippen LogP contribution in [-0.4, -0.2) is 18.9 Å². The topological polar surface area (TPSA) is 52.2 Å². The quantitative estimate of drug-likeness (QED) is 0.474. The fourth-order valence-electron chi connectivity index (χ4n) is 3.23. The third kappa shape index (κ3) is 1.99. The van der Waals surface area contributed by atoms with Crippen molar-refractivity contribution in [2.75, 3.05) is 0 Å². The standard InChI is InChI=1S/C20H14N4O/c1-13-6-8-14(9-7-13)23-11-10-17-15(19(23)25)12-21-20-22-16-4-2-3-5-18(16)24(17)20/h2-12H,1H3. The van der Waals surface area contributed by atoms with E-state index in [1.165, 1.54) is 0 Å². The maximum atomic E-state index is 13.0. The molecule has 0 saturated heterocycles. The van der Waals surface area contributed by atoms with Crippen LogP contribution in [0.5, 0.6) is 0 Å². The Balaban J connectivity index is 1.87. The summed E-state index contributed by atoms with van der Waals surface area (Å²) in [6.45, 7) is 2.03. The summed E-state index contributed by atoms with van der Waals surface area (Å²) in [5.41, 5.74) is 4.54. The highest BCUT2D eigenvalue weighted by Gasteiger charge is 2.12. The van der Waals surface area contributed by atoms with Crippen LogP contribution in [0.4, 0.5) is 0 Å². The molecule has 0 atom stereocenters. The number of nitrogens with zero attached hydrogens (tertiary/aromatic N) is 4. The first kappa shape index (κ1) is 13.9. The lowest BCUT2D eigenvalue weighted by atomic mass is 10.2. The Hall–Kier alpha value is -3.47. The Morgan fingerprint density at radius 2 is 1.72 bits per heavy atom. The molecule has 0 saturated carbocycles. The van der Waals surface area contributed by atoms with E-state index < -0.39 is 0 Å². The maximum Gasteiger partial charge on any atom is 0.266 e. The Morgan fingerprint density at radius 1 is 0.920 bits per heavy atom. The van der Waals surface area contributed by atoms with Crippen molar-refractivity contribution in [1.82, 2.24) is 18.9 Å². The number of benzene rings is 2. The maximum absolute atomic E-state index is 13.0. The summed E-state index contributed by atoms with van der Waals surface area (Å²) >= 11 is 0. The van der Waals surface area contributed by atoms with E-state index in [2.05, 4.69) is 9.97 Å². The van der Waals surface area contributed by atoms with Crippen LogP contribution in [-0.2, 0) is 0 Å². The molecule has 0 aliphatic rings. The average molecular weight is 326 g/mol. The number of aromatic nitrogens is 4. The van der Waals surface area contributed by atoms with Crippen molar-refractivity contribution in [3.63, 3.8) is 0 Å². The minimum Gasteiger partial charge on any atom is -0.284 e. The lowest BCUT2D eigenvalue weighted by Crippen LogP contribution is -2.18. The molecule has 0 aliphatic heterocycles. The monoisotopic (exact) mass is 326 g/mol. The van der Waals surface area contributed by atoms with Gasteiger partial charge in [0, 0.05) is 18.1 Å². The molecular weight excluding hydrogens is 312 g/mol. The predicted molar refractivity (Wildman–Crippen MR) is 98.3 cm³/mol. The number of aryl methyl sites for hydroxylation is 1. The van der Waals surface area contributed by atoms with E-state index in [1.54, 1.807) is 10.8 Å². The number of fused-ring (bicyclic) bond motifs is 5. The zero-order valence-corrected chi connectivity index (χ0v) is 13.5. The van der Waals surface area contributed by atoms with Crippen LogP contribution in [0.25, 0.3) is 33.4 Å². The van der Waals surface area contributed by atoms with Gasteiger partial charge in [0.05, 0.1) is 21.9 Å². The van der Waals surface area contributed by atoms with Gasteiger partial charge in [0.25, 0.3) is 5.56 Å². The zero-order chi connectivity index (χ0) is 17.0. The number of hydrogen-bond donors (Lipinski definition) is 0. The van der Waals surface area contributed by atoms with Gasteiger partial charge in [-0.05, 0) is 37.3 Å². The van der Waals surface area contributed by atoms with E-state index in [0.717, 1.165) is 27.8 Å². The third-order valence-corrected chi connectivity index (χ3v) is 4.51. The van der Waals surface area contributed by atoms with Gasteiger partial charge in [-0.15, -0.1) is 0 Å². The van der Waals surface area contributed by atoms with Crippen molar-refractivity contribution in [2.45, 2.75) is 6.92 Å². The molecule has 120 valence electrons. The Bertz CT molecular complexity index is 1310. The van der Waals surface area contributed by atoms with Gasteiger partial charge in [-0.3, -0.25) is 13.8 Å². The number of imidazole rings is 1. The minimum atomic E-state index is -0.0893. The normalized spacial score (nSPS) is 11.6. The van der Waals surface area contributed by atoms with Gasteiger partial charge in [-0.1, -0.05) is 29.8 Å². The van der Waals surface area contributed by atoms with Gasteiger partial charge < -0.3 is 0 Å². The van der Waals surface area contributed by atoms with Crippen LogP contribution >= 0.6 is 0 Å². The summed E-state index contributed by atoms with van der Waals surface area (Å²) in [6, 6.07) is 17.7. The summed E-state index contributed by atoms with van der Waals surface area (Å²) in [5, 5.41) is 0.568. The van der Waals surface area contributed by atoms with Gasteiger partial charge in [0.15, 0.2) is 0 Å². The Morgan fingerprint density at radius 3 is 2.56 bits per heavy atom. The molecule has 0 amide bonds. The third-order valence-electron chi connectivity index (χ3n) is 4.51. The molecule has 0 aliphatic carbocycles. The molecule has 2 aromatic carbocycles. The van der Waals surface area contributed by atoms with E-state index in [4.69, 9.17) is 0 Å². The molecule has 0 bridgehead atoms. The summed E-state index contributed by atoms with van der Waals surface area (Å²) in [5.74, 6) is 0.598. The van der Waals surface area contributed by atoms with Crippen molar-refractivity contribution in [3.05, 3.63) is 82.9 Å². The Labute approximate surface area is 142 Å². The van der Waals surface area contributed by atoms with E-state index >= 15 is 0 Å². The SMILES string of the molecule is Cc1ccc(-n2ccc3c(cnc4nc5ccccc5n43)c2=O)cc1. The van der Waals surface area contributed by atoms with Gasteiger partial charge >= 0.3 is 0 Å². The molecule has 0 radical (unpaired) electrons. The molecule has 0 spiro atoms. The number of hydrogen-bond acceptors (Lipinski definition) is 3. The molecule has 5 aromatic rings. The molecule has 3 aromatic heterocycles. The summed E-state index contributed by atoms with van der Waals surface area (Å²) in [7, 11) is 0. The predicted octanol–water partition coefficient (Wildman–Crippen LogP) is 3.50. The largest absolute Gasteiger partial charge is 0.284 e. The van der Waals surface area contributed by atoms with Gasteiger partial charge in [0.2, 0.25) is 5.78 Å². The van der Waals surface area contributed by atoms with Crippen LogP contribution in [0.3, 0.4) is 0 Å². The minimum absolute atomic E-state index is 0.0893. The average Bonchev–Trinajstić information content (AvgIpc) is 3.02. The molecule has 25 heavy (non-hydrogen) atoms. The summed E-state index contributed by atoms with van der Waals surface area (Å²) in [6.07, 6.45) is 3.42. The lowest BCUT2D eigenvalue weighted by molar-refractivity contribution is 0.999. The van der Waals surface area contributed by atoms with Crippen LogP contribution < -0.4 is 5.56 Å². The molecular formula is C20H14N4O. The van der Waals surface area contributed by atoms with Gasteiger partial charge in [0.1, 0.15) is 0 Å². The summed E-state index contributed by atoms with van der Waals surface area (Å²) < 4.78 is 3.58. The first-order chi connectivity index (χ1) is 12.2. The first-order valence-electron chi connectivity index (χ1n) is 8.07. The lowest BCUT2D eigenvalue weighted by Gasteiger charge is -2.08. The van der Waals surface area contributed by atoms with Gasteiger partial charge in [-0.25, -0.2) is 9.97 Å². The molecule has 5 nitrogen and oxygen atoms in total. The van der Waals surface area contributed by atoms with Crippen LogP contribution in [0.15, 0.2) is 71.8 Å². The molecule has 5 heteroatoms. The van der Waals surface area contributed by atoms with Crippen molar-refractivity contribution in [1.29, 1.82) is 0 Å². The van der Waals surface area contributed by atoms with E-state index in [0.29, 0.717) is 11.2 Å². The second kappa shape index (κ2) is 5.01. The first-order valence-corrected chi connectivity index (χ1v) is 8.07. The van der Waals surface area contributed by atoms with Crippen LogP contribution in [0.1, 0.15) is 5.56 Å². The van der Waals surface area contributed by atoms with Gasteiger partial charge in [-0.2, -0.15) is 0 Å². The molecule has 3 heterocycles.